The molecule has 2 rings (SSSR count). The minimum absolute atomic E-state index is 0.152. The molecule has 0 spiro atoms. The van der Waals surface area contributed by atoms with Crippen LogP contribution < -0.4 is 10.6 Å². The predicted octanol–water partition coefficient (Wildman–Crippen LogP) is 2.02. The molecule has 0 aliphatic carbocycles. The number of carbonyl (C=O) groups excluding carboxylic acids is 2. The van der Waals surface area contributed by atoms with Crippen LogP contribution in [0.3, 0.4) is 0 Å². The van der Waals surface area contributed by atoms with Crippen molar-refractivity contribution in [2.24, 2.45) is 0 Å². The van der Waals surface area contributed by atoms with Gasteiger partial charge in [-0.1, -0.05) is 13.8 Å². The third-order valence-corrected chi connectivity index (χ3v) is 4.38. The van der Waals surface area contributed by atoms with E-state index in [1.54, 1.807) is 70.9 Å². The zero-order chi connectivity index (χ0) is 28.8. The summed E-state index contributed by atoms with van der Waals surface area (Å²) in [5.41, 5.74) is 0. The second kappa shape index (κ2) is 23.0. The Kier molecular flexibility index (Phi) is 24.3. The van der Waals surface area contributed by atoms with Crippen LogP contribution in [-0.4, -0.2) is 110 Å². The topological polar surface area (TPSA) is 141 Å². The summed E-state index contributed by atoms with van der Waals surface area (Å²) in [5, 5.41) is 23.0. The fourth-order valence-electron chi connectivity index (χ4n) is 1.51. The van der Waals surface area contributed by atoms with E-state index >= 15 is 0 Å². The Morgan fingerprint density at radius 2 is 1.19 bits per heavy atom. The van der Waals surface area contributed by atoms with Crippen molar-refractivity contribution in [1.82, 2.24) is 39.5 Å². The summed E-state index contributed by atoms with van der Waals surface area (Å²) in [5.74, 6) is 0. The molecule has 0 bridgehead atoms. The predicted molar refractivity (Wildman–Crippen MR) is 148 cm³/mol. The summed E-state index contributed by atoms with van der Waals surface area (Å²) in [4.78, 5) is 33.2. The summed E-state index contributed by atoms with van der Waals surface area (Å²) in [6.45, 7) is 11.3. The Bertz CT molecular complexity index is 694. The van der Waals surface area contributed by atoms with E-state index < -0.39 is 6.23 Å². The Hall–Kier alpha value is -2.45. The highest BCUT2D eigenvalue weighted by atomic mass is 32.1. The van der Waals surface area contributed by atoms with Crippen LogP contribution >= 0.6 is 12.6 Å². The van der Waals surface area contributed by atoms with E-state index in [1.165, 1.54) is 26.7 Å². The minimum Gasteiger partial charge on any atom is -0.379 e. The van der Waals surface area contributed by atoms with Gasteiger partial charge in [0.05, 0.1) is 0 Å². The number of imidazole rings is 2. The number of urea groups is 1. The number of hydrogen-bond acceptors (Lipinski definition) is 9. The van der Waals surface area contributed by atoms with Crippen molar-refractivity contribution in [2.45, 2.75) is 66.1 Å². The normalized spacial score (nSPS) is 11.2. The number of amides is 2. The first-order chi connectivity index (χ1) is 16.8. The first kappa shape index (κ1) is 38.1. The molecule has 0 fully saturated rings. The quantitative estimate of drug-likeness (QED) is 0.298. The van der Waals surface area contributed by atoms with Crippen molar-refractivity contribution in [2.75, 3.05) is 34.4 Å². The smallest absolute Gasteiger partial charge is 0.338 e. The lowest BCUT2D eigenvalue weighted by atomic mass is 10.3. The Morgan fingerprint density at radius 3 is 1.39 bits per heavy atom. The zero-order valence-electron chi connectivity index (χ0n) is 23.6. The van der Waals surface area contributed by atoms with E-state index in [0.29, 0.717) is 6.04 Å². The molecule has 2 atom stereocenters. The number of carbonyl (C=O) groups is 2. The van der Waals surface area contributed by atoms with Gasteiger partial charge in [-0.3, -0.25) is 14.5 Å². The van der Waals surface area contributed by atoms with E-state index in [-0.39, 0.29) is 24.3 Å². The molecule has 210 valence electrons. The van der Waals surface area contributed by atoms with Gasteiger partial charge in [-0.25, -0.2) is 19.6 Å². The van der Waals surface area contributed by atoms with Gasteiger partial charge < -0.3 is 25.3 Å². The number of thiol groups is 1. The first-order valence-electron chi connectivity index (χ1n) is 11.5. The maximum atomic E-state index is 11.4. The van der Waals surface area contributed by atoms with Crippen LogP contribution in [0.25, 0.3) is 0 Å². The summed E-state index contributed by atoms with van der Waals surface area (Å²) < 4.78 is 2.75. The fraction of sp³-hybridized carbons (Fsp3) is 0.652. The highest BCUT2D eigenvalue weighted by molar-refractivity contribution is 7.79. The van der Waals surface area contributed by atoms with Crippen LogP contribution in [0.5, 0.6) is 0 Å². The molecular weight excluding hydrogens is 484 g/mol. The van der Waals surface area contributed by atoms with Gasteiger partial charge in [0, 0.05) is 51.0 Å². The second-order valence-electron chi connectivity index (χ2n) is 7.86. The van der Waals surface area contributed by atoms with Crippen LogP contribution in [-0.2, 0) is 0 Å². The lowest BCUT2D eigenvalue weighted by Gasteiger charge is -2.29. The summed E-state index contributed by atoms with van der Waals surface area (Å²) >= 11 is 3.53. The van der Waals surface area contributed by atoms with Gasteiger partial charge in [-0.2, -0.15) is 12.6 Å². The van der Waals surface area contributed by atoms with Crippen LogP contribution in [0.1, 0.15) is 41.5 Å². The summed E-state index contributed by atoms with van der Waals surface area (Å²) in [6, 6.07) is 0.429. The SMILES string of the molecule is CC(C)N(C)C(=O)N(C)C(C)O.CNC(C)C.CNC(C)O.CS.O=C(n1ccnc1)n1ccnc1. The van der Waals surface area contributed by atoms with E-state index in [1.807, 2.05) is 20.9 Å². The standard InChI is InChI=1S/C8H18N2O2.C7H6N4O.C4H11N.C3H9NO.CH4S/c1-6(2)9(4)8(12)10(5)7(3)11;12-7(10-3-1-8-5-10)11-4-2-9-6-11;1-4(2)5-3;1-3(5)4-2;1-2/h6-7,11H,1-5H3;1-6H;4-5H,1-3H3;3-5H,1-2H3;2H,1H3. The van der Waals surface area contributed by atoms with Gasteiger partial charge in [0.25, 0.3) is 0 Å². The van der Waals surface area contributed by atoms with Crippen molar-refractivity contribution in [3.63, 3.8) is 0 Å². The summed E-state index contributed by atoms with van der Waals surface area (Å²) in [7, 11) is 6.94. The van der Waals surface area contributed by atoms with Gasteiger partial charge in [-0.05, 0) is 48.0 Å². The Labute approximate surface area is 222 Å². The lowest BCUT2D eigenvalue weighted by molar-refractivity contribution is 0.0465. The molecule has 0 aliphatic heterocycles. The third kappa shape index (κ3) is 18.8. The highest BCUT2D eigenvalue weighted by Gasteiger charge is 2.18. The number of nitrogens with zero attached hydrogens (tertiary/aromatic N) is 6. The van der Waals surface area contributed by atoms with Gasteiger partial charge in [0.2, 0.25) is 0 Å². The molecule has 0 aliphatic rings. The molecule has 2 amide bonds. The van der Waals surface area contributed by atoms with Crippen LogP contribution in [0.2, 0.25) is 0 Å². The summed E-state index contributed by atoms with van der Waals surface area (Å²) in [6.07, 6.45) is 9.76. The van der Waals surface area contributed by atoms with Crippen molar-refractivity contribution in [3.05, 3.63) is 37.4 Å². The first-order valence-corrected chi connectivity index (χ1v) is 12.3. The van der Waals surface area contributed by atoms with Crippen LogP contribution in [0.4, 0.5) is 9.59 Å². The number of aliphatic hydroxyl groups excluding tert-OH is 2. The van der Waals surface area contributed by atoms with Gasteiger partial charge in [-0.15, -0.1) is 0 Å². The number of aromatic nitrogens is 4. The molecule has 2 heterocycles. The molecule has 36 heavy (non-hydrogen) atoms. The molecule has 4 N–H and O–H groups in total. The molecule has 2 aromatic rings. The maximum absolute atomic E-state index is 11.4. The molecule has 2 aromatic heterocycles. The van der Waals surface area contributed by atoms with Crippen LogP contribution in [0, 0.1) is 0 Å². The van der Waals surface area contributed by atoms with Crippen molar-refractivity contribution in [1.29, 1.82) is 0 Å². The Morgan fingerprint density at radius 1 is 0.833 bits per heavy atom. The highest BCUT2D eigenvalue weighted by Crippen LogP contribution is 2.01. The van der Waals surface area contributed by atoms with E-state index in [0.717, 1.165) is 0 Å². The Balaban J connectivity index is -0.000000425. The lowest BCUT2D eigenvalue weighted by Crippen LogP contribution is -2.45. The number of aliphatic hydroxyl groups is 2. The zero-order valence-corrected chi connectivity index (χ0v) is 24.5. The minimum atomic E-state index is -0.737. The van der Waals surface area contributed by atoms with Crippen molar-refractivity contribution in [3.8, 4) is 0 Å². The largest absolute Gasteiger partial charge is 0.379 e. The maximum Gasteiger partial charge on any atom is 0.338 e. The van der Waals surface area contributed by atoms with Crippen molar-refractivity contribution >= 4 is 24.7 Å². The number of hydrogen-bond donors (Lipinski definition) is 5. The molecular formula is C23H48N8O4S. The molecule has 0 radical (unpaired) electrons. The second-order valence-corrected chi connectivity index (χ2v) is 7.86. The monoisotopic (exact) mass is 532 g/mol. The third-order valence-electron chi connectivity index (χ3n) is 4.38. The van der Waals surface area contributed by atoms with E-state index in [9.17, 15) is 9.59 Å². The van der Waals surface area contributed by atoms with Crippen LogP contribution in [0.15, 0.2) is 37.4 Å². The molecule has 0 saturated heterocycles. The molecule has 0 aromatic carbocycles. The average Bonchev–Trinajstić information content (AvgIpc) is 3.59. The fourth-order valence-corrected chi connectivity index (χ4v) is 1.51. The molecule has 0 saturated carbocycles. The van der Waals surface area contributed by atoms with Gasteiger partial charge >= 0.3 is 12.1 Å². The van der Waals surface area contributed by atoms with Gasteiger partial charge in [0.1, 0.15) is 25.1 Å². The van der Waals surface area contributed by atoms with E-state index in [2.05, 4.69) is 47.1 Å². The van der Waals surface area contributed by atoms with Crippen molar-refractivity contribution < 1.29 is 19.8 Å². The number of nitrogens with one attached hydrogen (secondary N) is 2. The number of rotatable bonds is 4. The van der Waals surface area contributed by atoms with Gasteiger partial charge in [0.15, 0.2) is 0 Å². The van der Waals surface area contributed by atoms with E-state index in [4.69, 9.17) is 10.2 Å². The molecule has 2 unspecified atom stereocenters. The average molecular weight is 533 g/mol. The molecule has 12 nitrogen and oxygen atoms in total. The molecule has 13 heteroatoms.